The van der Waals surface area contributed by atoms with Crippen molar-refractivity contribution in [1.82, 2.24) is 0 Å². The minimum atomic E-state index is -4.24. The third-order valence-electron chi connectivity index (χ3n) is 4.59. The van der Waals surface area contributed by atoms with E-state index >= 15 is 0 Å². The van der Waals surface area contributed by atoms with Crippen LogP contribution in [0.25, 0.3) is 0 Å². The van der Waals surface area contributed by atoms with Crippen molar-refractivity contribution in [3.05, 3.63) is 29.8 Å². The zero-order valence-electron chi connectivity index (χ0n) is 15.1. The molecule has 0 aromatic heterocycles. The highest BCUT2D eigenvalue weighted by Crippen LogP contribution is 2.56. The lowest BCUT2D eigenvalue weighted by atomic mass is 10.0. The summed E-state index contributed by atoms with van der Waals surface area (Å²) in [5.41, 5.74) is 0.350. The second-order valence-corrected chi connectivity index (χ2v) is 6.10. The lowest BCUT2D eigenvalue weighted by molar-refractivity contribution is -0.137. The summed E-state index contributed by atoms with van der Waals surface area (Å²) in [7, 11) is 0. The second-order valence-electron chi connectivity index (χ2n) is 6.10. The van der Waals surface area contributed by atoms with Crippen LogP contribution < -0.4 is 4.90 Å². The molecule has 1 aromatic rings. The molecule has 1 aromatic carbocycles. The summed E-state index contributed by atoms with van der Waals surface area (Å²) >= 11 is 0. The third-order valence-corrected chi connectivity index (χ3v) is 4.59. The molecule has 2 fully saturated rings. The van der Waals surface area contributed by atoms with Gasteiger partial charge in [-0.1, -0.05) is 41.5 Å². The highest BCUT2D eigenvalue weighted by Gasteiger charge is 2.56. The number of rotatable bonds is 2. The molecule has 4 heteroatoms. The van der Waals surface area contributed by atoms with Gasteiger partial charge in [0.2, 0.25) is 0 Å². The van der Waals surface area contributed by atoms with Crippen molar-refractivity contribution >= 4 is 5.69 Å². The lowest BCUT2D eigenvalue weighted by Gasteiger charge is -2.23. The fraction of sp³-hybridized carbons (Fsp3) is 0.684. The Kier molecular flexibility index (Phi) is 6.97. The fourth-order valence-corrected chi connectivity index (χ4v) is 3.63. The van der Waals surface area contributed by atoms with Crippen molar-refractivity contribution in [2.24, 2.45) is 23.7 Å². The fourth-order valence-electron chi connectivity index (χ4n) is 3.63. The molecule has 2 atom stereocenters. The van der Waals surface area contributed by atoms with Gasteiger partial charge < -0.3 is 4.90 Å². The van der Waals surface area contributed by atoms with E-state index < -0.39 is 11.7 Å². The molecule has 132 valence electrons. The van der Waals surface area contributed by atoms with Crippen molar-refractivity contribution < 1.29 is 13.2 Å². The number of anilines is 1. The van der Waals surface area contributed by atoms with E-state index in [2.05, 4.69) is 18.7 Å². The Balaban J connectivity index is 0.000000615. The van der Waals surface area contributed by atoms with E-state index in [4.69, 9.17) is 0 Å². The maximum absolute atomic E-state index is 12.5. The number of nitrogens with zero attached hydrogens (tertiary/aromatic N) is 1. The first kappa shape index (κ1) is 19.9. The Morgan fingerprint density at radius 3 is 1.70 bits per heavy atom. The van der Waals surface area contributed by atoms with Crippen LogP contribution in [0.1, 0.15) is 47.1 Å². The zero-order chi connectivity index (χ0) is 17.8. The van der Waals surface area contributed by atoms with Crippen molar-refractivity contribution in [2.45, 2.75) is 47.7 Å². The maximum atomic E-state index is 12.5. The molecule has 1 nitrogen and oxygen atoms in total. The first-order chi connectivity index (χ1) is 10.9. The van der Waals surface area contributed by atoms with Crippen molar-refractivity contribution in [3.8, 4) is 0 Å². The largest absolute Gasteiger partial charge is 0.416 e. The van der Waals surface area contributed by atoms with E-state index in [0.717, 1.165) is 42.4 Å². The third kappa shape index (κ3) is 4.42. The van der Waals surface area contributed by atoms with Gasteiger partial charge in [-0.25, -0.2) is 0 Å². The SMILES string of the molecule is CC.CC.CC(C)C1C2CN(c3ccc(C(F)(F)F)cc3)CC21. The van der Waals surface area contributed by atoms with Crippen LogP contribution in [0.4, 0.5) is 18.9 Å². The van der Waals surface area contributed by atoms with Gasteiger partial charge in [-0.3, -0.25) is 0 Å². The highest BCUT2D eigenvalue weighted by atomic mass is 19.4. The van der Waals surface area contributed by atoms with Gasteiger partial charge in [0.15, 0.2) is 0 Å². The maximum Gasteiger partial charge on any atom is 0.416 e. The van der Waals surface area contributed by atoms with Gasteiger partial charge in [0, 0.05) is 18.8 Å². The molecule has 1 saturated carbocycles. The normalized spacial score (nSPS) is 25.1. The zero-order valence-corrected chi connectivity index (χ0v) is 15.1. The molecule has 1 saturated heterocycles. The molecular formula is C19H30F3N. The Labute approximate surface area is 138 Å². The van der Waals surface area contributed by atoms with E-state index in [1.165, 1.54) is 12.1 Å². The van der Waals surface area contributed by atoms with Gasteiger partial charge in [-0.15, -0.1) is 0 Å². The van der Waals surface area contributed by atoms with Gasteiger partial charge in [0.05, 0.1) is 5.56 Å². The van der Waals surface area contributed by atoms with Crippen LogP contribution >= 0.6 is 0 Å². The molecule has 0 N–H and O–H groups in total. The standard InChI is InChI=1S/C15H18F3N.2C2H6/c1-9(2)14-12-7-19(8-13(12)14)11-5-3-10(4-6-11)15(16,17)18;2*1-2/h3-6,9,12-14H,7-8H2,1-2H3;2*1-2H3. The topological polar surface area (TPSA) is 3.24 Å². The first-order valence-corrected chi connectivity index (χ1v) is 8.80. The van der Waals surface area contributed by atoms with E-state index in [0.29, 0.717) is 0 Å². The number of halogens is 3. The van der Waals surface area contributed by atoms with Crippen LogP contribution in [0, 0.1) is 23.7 Å². The summed E-state index contributed by atoms with van der Waals surface area (Å²) in [5.74, 6) is 3.06. The minimum absolute atomic E-state index is 0.569. The average Bonchev–Trinajstić information content (AvgIpc) is 3.06. The van der Waals surface area contributed by atoms with E-state index in [1.807, 2.05) is 27.7 Å². The van der Waals surface area contributed by atoms with E-state index in [-0.39, 0.29) is 0 Å². The van der Waals surface area contributed by atoms with Crippen LogP contribution in [0.2, 0.25) is 0 Å². The molecule has 2 unspecified atom stereocenters. The second kappa shape index (κ2) is 8.07. The Bertz CT molecular complexity index is 452. The number of fused-ring (bicyclic) bond motifs is 1. The smallest absolute Gasteiger partial charge is 0.371 e. The summed E-state index contributed by atoms with van der Waals surface area (Å²) in [4.78, 5) is 2.22. The number of piperidine rings is 1. The van der Waals surface area contributed by atoms with Crippen LogP contribution in [-0.4, -0.2) is 13.1 Å². The summed E-state index contributed by atoms with van der Waals surface area (Å²) in [6.45, 7) is 14.5. The van der Waals surface area contributed by atoms with Gasteiger partial charge in [-0.2, -0.15) is 13.2 Å². The predicted molar refractivity (Wildman–Crippen MR) is 91.7 cm³/mol. The Morgan fingerprint density at radius 1 is 0.913 bits per heavy atom. The first-order valence-electron chi connectivity index (χ1n) is 8.80. The molecule has 3 rings (SSSR count). The van der Waals surface area contributed by atoms with E-state index in [9.17, 15) is 13.2 Å². The molecule has 0 spiro atoms. The quantitative estimate of drug-likeness (QED) is 0.634. The van der Waals surface area contributed by atoms with Crippen molar-refractivity contribution in [2.75, 3.05) is 18.0 Å². The van der Waals surface area contributed by atoms with Gasteiger partial charge in [0.1, 0.15) is 0 Å². The van der Waals surface area contributed by atoms with Crippen LogP contribution in [-0.2, 0) is 6.18 Å². The monoisotopic (exact) mass is 329 g/mol. The summed E-state index contributed by atoms with van der Waals surface area (Å²) in [6.07, 6.45) is -4.24. The number of hydrogen-bond acceptors (Lipinski definition) is 1. The van der Waals surface area contributed by atoms with Gasteiger partial charge >= 0.3 is 6.18 Å². The van der Waals surface area contributed by atoms with Crippen molar-refractivity contribution in [3.63, 3.8) is 0 Å². The molecule has 23 heavy (non-hydrogen) atoms. The van der Waals surface area contributed by atoms with Crippen LogP contribution in [0.15, 0.2) is 24.3 Å². The lowest BCUT2D eigenvalue weighted by Crippen LogP contribution is -2.25. The highest BCUT2D eigenvalue weighted by molar-refractivity contribution is 5.50. The van der Waals surface area contributed by atoms with E-state index in [1.54, 1.807) is 12.1 Å². The Morgan fingerprint density at radius 2 is 1.35 bits per heavy atom. The Hall–Kier alpha value is -1.19. The van der Waals surface area contributed by atoms with Crippen molar-refractivity contribution in [1.29, 1.82) is 0 Å². The molecule has 2 aliphatic rings. The molecular weight excluding hydrogens is 299 g/mol. The summed E-state index contributed by atoms with van der Waals surface area (Å²) < 4.78 is 37.5. The minimum Gasteiger partial charge on any atom is -0.371 e. The summed E-state index contributed by atoms with van der Waals surface area (Å²) in [5, 5.41) is 0. The number of benzene rings is 1. The molecule has 1 heterocycles. The number of hydrogen-bond donors (Lipinski definition) is 0. The summed E-state index contributed by atoms with van der Waals surface area (Å²) in [6, 6.07) is 5.55. The molecule has 1 aliphatic carbocycles. The van der Waals surface area contributed by atoms with Gasteiger partial charge in [0.25, 0.3) is 0 Å². The molecule has 0 bridgehead atoms. The molecule has 1 aliphatic heterocycles. The van der Waals surface area contributed by atoms with Crippen LogP contribution in [0.5, 0.6) is 0 Å². The average molecular weight is 329 g/mol. The number of alkyl halides is 3. The molecule has 0 radical (unpaired) electrons. The molecule has 0 amide bonds. The predicted octanol–water partition coefficient (Wildman–Crippen LogP) is 6.10. The van der Waals surface area contributed by atoms with Crippen LogP contribution in [0.3, 0.4) is 0 Å². The van der Waals surface area contributed by atoms with Gasteiger partial charge in [-0.05, 0) is 47.9 Å².